The van der Waals surface area contributed by atoms with Crippen molar-refractivity contribution in [1.29, 1.82) is 0 Å². The van der Waals surface area contributed by atoms with Gasteiger partial charge in [-0.3, -0.25) is 9.59 Å². The van der Waals surface area contributed by atoms with Crippen molar-refractivity contribution in [2.45, 2.75) is 32.7 Å². The molecule has 1 amide bonds. The highest BCUT2D eigenvalue weighted by atomic mass is 32.1. The van der Waals surface area contributed by atoms with Crippen molar-refractivity contribution in [3.63, 3.8) is 0 Å². The molecule has 0 aromatic carbocycles. The van der Waals surface area contributed by atoms with Crippen molar-refractivity contribution in [3.8, 4) is 0 Å². The van der Waals surface area contributed by atoms with Gasteiger partial charge in [-0.05, 0) is 13.3 Å². The van der Waals surface area contributed by atoms with Crippen LogP contribution in [-0.2, 0) is 9.59 Å². The van der Waals surface area contributed by atoms with Gasteiger partial charge in [0.1, 0.15) is 0 Å². The van der Waals surface area contributed by atoms with Crippen LogP contribution in [0, 0.1) is 0 Å². The predicted octanol–water partition coefficient (Wildman–Crippen LogP) is 0.790. The maximum atomic E-state index is 11.0. The summed E-state index contributed by atoms with van der Waals surface area (Å²) in [6.07, 6.45) is 1.26. The molecular formula is C8H15NO2S. The van der Waals surface area contributed by atoms with Gasteiger partial charge in [-0.2, -0.15) is 12.6 Å². The largest absolute Gasteiger partial charge is 0.345 e. The maximum absolute atomic E-state index is 11.0. The van der Waals surface area contributed by atoms with Gasteiger partial charge in [0.15, 0.2) is 5.78 Å². The molecule has 0 aliphatic carbocycles. The molecule has 0 radical (unpaired) electrons. The summed E-state index contributed by atoms with van der Waals surface area (Å²) in [5, 5.41) is 2.60. The van der Waals surface area contributed by atoms with E-state index < -0.39 is 6.04 Å². The van der Waals surface area contributed by atoms with Gasteiger partial charge in [-0.25, -0.2) is 0 Å². The van der Waals surface area contributed by atoms with Crippen LogP contribution in [0.15, 0.2) is 0 Å². The van der Waals surface area contributed by atoms with E-state index in [0.29, 0.717) is 12.2 Å². The molecule has 0 heterocycles. The summed E-state index contributed by atoms with van der Waals surface area (Å²) in [4.78, 5) is 21.9. The van der Waals surface area contributed by atoms with Crippen molar-refractivity contribution >= 4 is 24.3 Å². The lowest BCUT2D eigenvalue weighted by Gasteiger charge is -2.12. The highest BCUT2D eigenvalue weighted by Gasteiger charge is 2.13. The van der Waals surface area contributed by atoms with Crippen molar-refractivity contribution in [2.75, 3.05) is 5.75 Å². The molecule has 0 aromatic heterocycles. The van der Waals surface area contributed by atoms with Gasteiger partial charge < -0.3 is 5.32 Å². The lowest BCUT2D eigenvalue weighted by molar-refractivity contribution is -0.126. The van der Waals surface area contributed by atoms with E-state index in [1.54, 1.807) is 0 Å². The average molecular weight is 189 g/mol. The zero-order valence-electron chi connectivity index (χ0n) is 7.46. The smallest absolute Gasteiger partial charge is 0.220 e. The lowest BCUT2D eigenvalue weighted by Crippen LogP contribution is -2.40. The van der Waals surface area contributed by atoms with Gasteiger partial charge in [-0.15, -0.1) is 0 Å². The fourth-order valence-corrected chi connectivity index (χ4v) is 1.12. The van der Waals surface area contributed by atoms with Crippen LogP contribution >= 0.6 is 12.6 Å². The molecule has 0 bridgehead atoms. The fraction of sp³-hybridized carbons (Fsp3) is 0.750. The Morgan fingerprint density at radius 1 is 1.50 bits per heavy atom. The Morgan fingerprint density at radius 2 is 2.08 bits per heavy atom. The molecule has 0 fully saturated rings. The second-order valence-electron chi connectivity index (χ2n) is 2.66. The van der Waals surface area contributed by atoms with Gasteiger partial charge in [0, 0.05) is 12.2 Å². The van der Waals surface area contributed by atoms with Crippen LogP contribution in [-0.4, -0.2) is 23.5 Å². The minimum Gasteiger partial charge on any atom is -0.345 e. The van der Waals surface area contributed by atoms with Gasteiger partial charge in [-0.1, -0.05) is 6.92 Å². The number of hydrogen-bond donors (Lipinski definition) is 2. The number of ketones is 1. The molecule has 0 aromatic rings. The quantitative estimate of drug-likeness (QED) is 0.628. The van der Waals surface area contributed by atoms with Crippen LogP contribution in [0.25, 0.3) is 0 Å². The van der Waals surface area contributed by atoms with Crippen LogP contribution < -0.4 is 5.32 Å². The number of Topliss-reactive ketones (excluding diaryl/α,β-unsaturated/α-hetero) is 1. The van der Waals surface area contributed by atoms with Crippen molar-refractivity contribution in [1.82, 2.24) is 5.32 Å². The summed E-state index contributed by atoms with van der Waals surface area (Å²) in [6, 6.07) is -0.424. The van der Waals surface area contributed by atoms with Gasteiger partial charge in [0.25, 0.3) is 0 Å². The van der Waals surface area contributed by atoms with Crippen LogP contribution in [0.4, 0.5) is 0 Å². The molecule has 12 heavy (non-hydrogen) atoms. The third-order valence-corrected chi connectivity index (χ3v) is 1.85. The minimum atomic E-state index is -0.424. The van der Waals surface area contributed by atoms with E-state index in [2.05, 4.69) is 17.9 Å². The molecule has 70 valence electrons. The average Bonchev–Trinajstić information content (AvgIpc) is 2.00. The summed E-state index contributed by atoms with van der Waals surface area (Å²) in [7, 11) is 0. The Hall–Kier alpha value is -0.510. The summed E-state index contributed by atoms with van der Waals surface area (Å²) >= 11 is 3.96. The Bertz CT molecular complexity index is 170. The first-order valence-corrected chi connectivity index (χ1v) is 4.65. The van der Waals surface area contributed by atoms with Gasteiger partial charge >= 0.3 is 0 Å². The molecule has 0 rings (SSSR count). The molecule has 0 aliphatic heterocycles. The van der Waals surface area contributed by atoms with Gasteiger partial charge in [0.2, 0.25) is 5.91 Å². The molecule has 4 heteroatoms. The zero-order valence-corrected chi connectivity index (χ0v) is 8.36. The lowest BCUT2D eigenvalue weighted by atomic mass is 10.2. The maximum Gasteiger partial charge on any atom is 0.220 e. The predicted molar refractivity (Wildman–Crippen MR) is 51.4 cm³/mol. The second-order valence-corrected chi connectivity index (χ2v) is 3.03. The van der Waals surface area contributed by atoms with E-state index >= 15 is 0 Å². The van der Waals surface area contributed by atoms with Crippen LogP contribution in [0.1, 0.15) is 26.7 Å². The first-order chi connectivity index (χ1) is 5.61. The number of nitrogens with one attached hydrogen (secondary N) is 1. The summed E-state index contributed by atoms with van der Waals surface area (Å²) in [5.74, 6) is 0.242. The molecule has 3 nitrogen and oxygen atoms in total. The van der Waals surface area contributed by atoms with E-state index in [1.165, 1.54) is 6.92 Å². The molecule has 1 atom stereocenters. The van der Waals surface area contributed by atoms with E-state index in [4.69, 9.17) is 0 Å². The number of carbonyl (C=O) groups is 2. The topological polar surface area (TPSA) is 46.2 Å². The highest BCUT2D eigenvalue weighted by molar-refractivity contribution is 7.80. The molecule has 0 saturated heterocycles. The van der Waals surface area contributed by atoms with E-state index in [1.807, 2.05) is 6.92 Å². The summed E-state index contributed by atoms with van der Waals surface area (Å²) in [6.45, 7) is 3.37. The Labute approximate surface area is 78.3 Å². The SMILES string of the molecule is CCCC(=O)N[C@H](CS)C(C)=O. The molecular weight excluding hydrogens is 174 g/mol. The molecule has 0 saturated carbocycles. The monoisotopic (exact) mass is 189 g/mol. The fourth-order valence-electron chi connectivity index (χ4n) is 0.769. The highest BCUT2D eigenvalue weighted by Crippen LogP contribution is 1.93. The number of hydrogen-bond acceptors (Lipinski definition) is 3. The molecule has 0 aliphatic rings. The Kier molecular flexibility index (Phi) is 5.80. The summed E-state index contributed by atoms with van der Waals surface area (Å²) in [5.41, 5.74) is 0. The zero-order chi connectivity index (χ0) is 9.56. The van der Waals surface area contributed by atoms with E-state index in [0.717, 1.165) is 6.42 Å². The second kappa shape index (κ2) is 6.06. The van der Waals surface area contributed by atoms with Crippen molar-refractivity contribution in [2.24, 2.45) is 0 Å². The van der Waals surface area contributed by atoms with Crippen LogP contribution in [0.2, 0.25) is 0 Å². The molecule has 1 N–H and O–H groups in total. The van der Waals surface area contributed by atoms with Crippen LogP contribution in [0.5, 0.6) is 0 Å². The number of carbonyl (C=O) groups excluding carboxylic acids is 2. The van der Waals surface area contributed by atoms with E-state index in [9.17, 15) is 9.59 Å². The molecule has 0 unspecified atom stereocenters. The third kappa shape index (κ3) is 4.38. The Morgan fingerprint density at radius 3 is 2.42 bits per heavy atom. The molecule has 0 spiro atoms. The van der Waals surface area contributed by atoms with E-state index in [-0.39, 0.29) is 11.7 Å². The van der Waals surface area contributed by atoms with Crippen LogP contribution in [0.3, 0.4) is 0 Å². The number of rotatable bonds is 5. The van der Waals surface area contributed by atoms with Gasteiger partial charge in [0.05, 0.1) is 6.04 Å². The third-order valence-electron chi connectivity index (χ3n) is 1.49. The first-order valence-electron chi connectivity index (χ1n) is 4.02. The standard InChI is InChI=1S/C8H15NO2S/c1-3-4-8(11)9-7(5-12)6(2)10/h7,12H,3-5H2,1-2H3,(H,9,11)/t7-/m1/s1. The summed E-state index contributed by atoms with van der Waals surface area (Å²) < 4.78 is 0. The number of thiol groups is 1. The number of amides is 1. The normalized spacial score (nSPS) is 12.2. The minimum absolute atomic E-state index is 0.0468. The van der Waals surface area contributed by atoms with Crippen molar-refractivity contribution in [3.05, 3.63) is 0 Å². The first kappa shape index (κ1) is 11.5. The Balaban J connectivity index is 3.85. The van der Waals surface area contributed by atoms with Crippen molar-refractivity contribution < 1.29 is 9.59 Å².